The van der Waals surface area contributed by atoms with Crippen molar-refractivity contribution in [3.8, 4) is 5.75 Å². The minimum Gasteiger partial charge on any atom is -0.511 e. The van der Waals surface area contributed by atoms with Gasteiger partial charge in [-0.15, -0.1) is 12.6 Å². The van der Waals surface area contributed by atoms with Crippen LogP contribution in [0.1, 0.15) is 33.6 Å². The zero-order valence-electron chi connectivity index (χ0n) is 19.7. The SMILES string of the molecule is CN1c2cccc(O)c2C(=O)C2C(O)C3C(O)=C(C(=O)NNC(=O)c4ccc(S)cc4)C(=O)CC3CC21. The van der Waals surface area contributed by atoms with Crippen LogP contribution in [0.4, 0.5) is 5.69 Å². The molecule has 1 aliphatic heterocycles. The van der Waals surface area contributed by atoms with Gasteiger partial charge in [-0.1, -0.05) is 6.07 Å². The number of ketones is 2. The second kappa shape index (κ2) is 9.24. The first-order valence-electron chi connectivity index (χ1n) is 11.7. The maximum atomic E-state index is 13.4. The number of benzene rings is 2. The first kappa shape index (κ1) is 24.8. The summed E-state index contributed by atoms with van der Waals surface area (Å²) in [6.45, 7) is 0. The van der Waals surface area contributed by atoms with Crippen LogP contribution in [0.5, 0.6) is 5.75 Å². The third kappa shape index (κ3) is 4.04. The van der Waals surface area contributed by atoms with Gasteiger partial charge >= 0.3 is 0 Å². The number of carbonyl (C=O) groups excluding carboxylic acids is 4. The maximum Gasteiger partial charge on any atom is 0.276 e. The van der Waals surface area contributed by atoms with E-state index in [2.05, 4.69) is 23.5 Å². The number of hydrogen-bond donors (Lipinski definition) is 6. The Morgan fingerprint density at radius 2 is 1.68 bits per heavy atom. The average molecular weight is 524 g/mol. The van der Waals surface area contributed by atoms with Gasteiger partial charge in [-0.25, -0.2) is 0 Å². The molecule has 1 heterocycles. The van der Waals surface area contributed by atoms with Crippen LogP contribution in [0, 0.1) is 17.8 Å². The van der Waals surface area contributed by atoms with Crippen LogP contribution in [0.25, 0.3) is 0 Å². The van der Waals surface area contributed by atoms with Gasteiger partial charge in [0, 0.05) is 35.9 Å². The van der Waals surface area contributed by atoms with E-state index in [0.717, 1.165) is 0 Å². The molecule has 2 amide bonds. The Bertz CT molecular complexity index is 1360. The highest BCUT2D eigenvalue weighted by Gasteiger charge is 2.56. The van der Waals surface area contributed by atoms with Gasteiger partial charge in [-0.05, 0) is 48.7 Å². The third-order valence-corrected chi connectivity index (χ3v) is 7.89. The largest absolute Gasteiger partial charge is 0.511 e. The lowest BCUT2D eigenvalue weighted by atomic mass is 9.61. The number of Topliss-reactive ketones (excluding diaryl/α,β-unsaturated/α-hetero) is 2. The molecule has 11 heteroatoms. The van der Waals surface area contributed by atoms with Crippen molar-refractivity contribution in [2.45, 2.75) is 29.9 Å². The molecule has 5 N–H and O–H groups in total. The summed E-state index contributed by atoms with van der Waals surface area (Å²) in [5, 5.41) is 32.7. The molecule has 0 radical (unpaired) electrons. The van der Waals surface area contributed by atoms with E-state index in [1.54, 1.807) is 31.3 Å². The van der Waals surface area contributed by atoms with E-state index in [9.17, 15) is 34.5 Å². The number of hydrogen-bond acceptors (Lipinski definition) is 9. The van der Waals surface area contributed by atoms with Crippen molar-refractivity contribution in [2.24, 2.45) is 17.8 Å². The molecule has 0 aromatic heterocycles. The molecule has 2 aromatic carbocycles. The third-order valence-electron chi connectivity index (χ3n) is 7.59. The summed E-state index contributed by atoms with van der Waals surface area (Å²) in [5.41, 5.74) is 4.64. The Morgan fingerprint density at radius 3 is 2.38 bits per heavy atom. The predicted octanol–water partition coefficient (Wildman–Crippen LogP) is 1.54. The summed E-state index contributed by atoms with van der Waals surface area (Å²) in [7, 11) is 1.75. The van der Waals surface area contributed by atoms with Crippen molar-refractivity contribution < 1.29 is 34.5 Å². The summed E-state index contributed by atoms with van der Waals surface area (Å²) in [5.74, 6) is -6.11. The molecule has 5 rings (SSSR count). The van der Waals surface area contributed by atoms with E-state index in [1.807, 2.05) is 4.90 Å². The Labute approximate surface area is 217 Å². The van der Waals surface area contributed by atoms with Crippen molar-refractivity contribution in [1.29, 1.82) is 0 Å². The fourth-order valence-electron chi connectivity index (χ4n) is 5.83. The van der Waals surface area contributed by atoms with Gasteiger partial charge in [-0.3, -0.25) is 30.0 Å². The first-order valence-corrected chi connectivity index (χ1v) is 12.2. The highest BCUT2D eigenvalue weighted by molar-refractivity contribution is 7.80. The number of phenolic OH excluding ortho intramolecular Hbond substituents is 1. The van der Waals surface area contributed by atoms with Gasteiger partial charge in [0.05, 0.1) is 23.3 Å². The first-order chi connectivity index (χ1) is 17.6. The molecular weight excluding hydrogens is 498 g/mol. The van der Waals surface area contributed by atoms with E-state index >= 15 is 0 Å². The molecule has 10 nitrogen and oxygen atoms in total. The summed E-state index contributed by atoms with van der Waals surface area (Å²) in [6, 6.07) is 10.4. The second-order valence-corrected chi connectivity index (χ2v) is 10.1. The maximum absolute atomic E-state index is 13.4. The average Bonchev–Trinajstić information content (AvgIpc) is 2.85. The van der Waals surface area contributed by atoms with Gasteiger partial charge in [0.1, 0.15) is 17.1 Å². The lowest BCUT2D eigenvalue weighted by Crippen LogP contribution is -2.60. The number of amides is 2. The normalized spacial score (nSPS) is 26.7. The van der Waals surface area contributed by atoms with Crippen molar-refractivity contribution in [1.82, 2.24) is 10.9 Å². The van der Waals surface area contributed by atoms with Crippen LogP contribution < -0.4 is 15.8 Å². The standard InChI is InChI=1S/C26H25N3O7S/c1-29-14-3-2-4-16(30)19(14)24(34)20-15(29)9-12-10-17(31)21(23(33)18(12)22(20)32)26(36)28-27-25(35)11-5-7-13(37)8-6-11/h2-8,12,15,18,20,22,30,32-33,37H,9-10H2,1H3,(H,27,35)(H,28,36). The van der Waals surface area contributed by atoms with E-state index in [4.69, 9.17) is 0 Å². The molecule has 2 aliphatic carbocycles. The number of anilines is 1. The van der Waals surface area contributed by atoms with E-state index in [1.165, 1.54) is 18.2 Å². The molecule has 1 saturated carbocycles. The van der Waals surface area contributed by atoms with Gasteiger partial charge in [-0.2, -0.15) is 0 Å². The van der Waals surface area contributed by atoms with Crippen LogP contribution >= 0.6 is 12.6 Å². The van der Waals surface area contributed by atoms with Crippen LogP contribution in [0.2, 0.25) is 0 Å². The number of hydrazine groups is 1. The number of aliphatic hydroxyl groups is 2. The number of fused-ring (bicyclic) bond motifs is 3. The smallest absolute Gasteiger partial charge is 0.276 e. The molecule has 0 bridgehead atoms. The predicted molar refractivity (Wildman–Crippen MR) is 134 cm³/mol. The topological polar surface area (TPSA) is 156 Å². The van der Waals surface area contributed by atoms with Gasteiger partial charge in [0.2, 0.25) is 0 Å². The van der Waals surface area contributed by atoms with Crippen LogP contribution in [-0.2, 0) is 9.59 Å². The number of aliphatic hydroxyl groups excluding tert-OH is 2. The van der Waals surface area contributed by atoms with E-state index in [0.29, 0.717) is 17.0 Å². The zero-order chi connectivity index (χ0) is 26.6. The molecule has 0 saturated heterocycles. The molecule has 2 aromatic rings. The number of thiol groups is 1. The Balaban J connectivity index is 1.40. The summed E-state index contributed by atoms with van der Waals surface area (Å²) < 4.78 is 0. The number of rotatable bonds is 2. The van der Waals surface area contributed by atoms with E-state index < -0.39 is 64.6 Å². The van der Waals surface area contributed by atoms with Crippen LogP contribution in [0.15, 0.2) is 58.7 Å². The van der Waals surface area contributed by atoms with Gasteiger partial charge in [0.25, 0.3) is 11.8 Å². The lowest BCUT2D eigenvalue weighted by Gasteiger charge is -2.51. The van der Waals surface area contributed by atoms with E-state index in [-0.39, 0.29) is 23.3 Å². The number of nitrogens with zero attached hydrogens (tertiary/aromatic N) is 1. The molecule has 5 unspecified atom stereocenters. The molecule has 3 aliphatic rings. The monoisotopic (exact) mass is 523 g/mol. The van der Waals surface area contributed by atoms with Gasteiger partial charge in [0.15, 0.2) is 11.6 Å². The van der Waals surface area contributed by atoms with Crippen molar-refractivity contribution >= 4 is 41.7 Å². The Hall–Kier alpha value is -3.83. The zero-order valence-corrected chi connectivity index (χ0v) is 20.6. The lowest BCUT2D eigenvalue weighted by molar-refractivity contribution is -0.126. The number of phenols is 1. The summed E-state index contributed by atoms with van der Waals surface area (Å²) in [4.78, 5) is 53.9. The molecule has 5 atom stereocenters. The summed E-state index contributed by atoms with van der Waals surface area (Å²) in [6.07, 6.45) is -1.22. The minimum atomic E-state index is -1.41. The summed E-state index contributed by atoms with van der Waals surface area (Å²) >= 11 is 4.15. The van der Waals surface area contributed by atoms with Crippen LogP contribution in [-0.4, -0.2) is 57.9 Å². The van der Waals surface area contributed by atoms with Gasteiger partial charge < -0.3 is 20.2 Å². The molecular formula is C26H25N3O7S. The van der Waals surface area contributed by atoms with Crippen molar-refractivity contribution in [3.63, 3.8) is 0 Å². The van der Waals surface area contributed by atoms with Crippen LogP contribution in [0.3, 0.4) is 0 Å². The highest BCUT2D eigenvalue weighted by Crippen LogP contribution is 2.50. The fraction of sp³-hybridized carbons (Fsp3) is 0.308. The Morgan fingerprint density at radius 1 is 1.00 bits per heavy atom. The quantitative estimate of drug-likeness (QED) is 0.197. The minimum absolute atomic E-state index is 0.0886. The second-order valence-electron chi connectivity index (χ2n) is 9.59. The highest BCUT2D eigenvalue weighted by atomic mass is 32.1. The number of aromatic hydroxyl groups is 1. The Kier molecular flexibility index (Phi) is 6.20. The number of nitrogens with one attached hydrogen (secondary N) is 2. The van der Waals surface area contributed by atoms with Crippen molar-refractivity contribution in [3.05, 3.63) is 64.9 Å². The molecule has 192 valence electrons. The number of carbonyl (C=O) groups is 4. The fourth-order valence-corrected chi connectivity index (χ4v) is 5.98. The molecule has 37 heavy (non-hydrogen) atoms. The molecule has 0 spiro atoms. The van der Waals surface area contributed by atoms with Crippen molar-refractivity contribution in [2.75, 3.05) is 11.9 Å². The molecule has 1 fully saturated rings.